The van der Waals surface area contributed by atoms with Crippen molar-refractivity contribution < 1.29 is 55.0 Å². The Kier molecular flexibility index (Phi) is 12.4. The zero-order chi connectivity index (χ0) is 40.7. The number of halogens is 7. The Morgan fingerprint density at radius 1 is 0.857 bits per heavy atom. The van der Waals surface area contributed by atoms with Crippen molar-refractivity contribution in [2.75, 3.05) is 36.2 Å². The molecule has 0 bridgehead atoms. The number of anilines is 4. The Balaban J connectivity index is 1.22. The van der Waals surface area contributed by atoms with E-state index in [0.29, 0.717) is 30.1 Å². The highest BCUT2D eigenvalue weighted by Crippen LogP contribution is 2.48. The summed E-state index contributed by atoms with van der Waals surface area (Å²) < 4.78 is 86.4. The first-order chi connectivity index (χ1) is 26.4. The van der Waals surface area contributed by atoms with E-state index in [9.17, 15) is 45.5 Å². The van der Waals surface area contributed by atoms with E-state index >= 15 is 0 Å². The summed E-state index contributed by atoms with van der Waals surface area (Å²) in [5.74, 6) is -4.63. The maximum atomic E-state index is 13.0. The quantitative estimate of drug-likeness (QED) is 0.0564. The molecule has 294 valence electrons. The first-order valence-electron chi connectivity index (χ1n) is 16.1. The van der Waals surface area contributed by atoms with Crippen LogP contribution < -0.4 is 26.0 Å². The molecule has 2 aromatic heterocycles. The minimum Gasteiger partial charge on any atom is -0.465 e. The maximum absolute atomic E-state index is 13.0. The van der Waals surface area contributed by atoms with E-state index < -0.39 is 65.6 Å². The molecule has 1 aliphatic carbocycles. The van der Waals surface area contributed by atoms with Crippen LogP contribution in [0.4, 0.5) is 49.6 Å². The van der Waals surface area contributed by atoms with Crippen molar-refractivity contribution in [3.05, 3.63) is 88.7 Å². The summed E-state index contributed by atoms with van der Waals surface area (Å²) in [6.07, 6.45) is -7.67. The highest BCUT2D eigenvalue weighted by Gasteiger charge is 2.45. The second-order valence-electron chi connectivity index (χ2n) is 11.8. The van der Waals surface area contributed by atoms with Gasteiger partial charge in [-0.1, -0.05) is 23.7 Å². The topological polar surface area (TPSA) is 199 Å². The molecule has 2 heterocycles. The van der Waals surface area contributed by atoms with E-state index in [2.05, 4.69) is 50.9 Å². The summed E-state index contributed by atoms with van der Waals surface area (Å²) in [7, 11) is 1.02. The van der Waals surface area contributed by atoms with Crippen LogP contribution in [-0.4, -0.2) is 75.8 Å². The number of benzene rings is 2. The molecule has 56 heavy (non-hydrogen) atoms. The van der Waals surface area contributed by atoms with Gasteiger partial charge in [-0.15, -0.1) is 0 Å². The molecule has 1 fully saturated rings. The normalized spacial score (nSPS) is 13.6. The second-order valence-corrected chi connectivity index (χ2v) is 12.3. The fourth-order valence-corrected chi connectivity index (χ4v) is 4.93. The summed E-state index contributed by atoms with van der Waals surface area (Å²) in [6.45, 7) is -2.03. The third-order valence-electron chi connectivity index (χ3n) is 7.69. The largest absolute Gasteiger partial charge is 0.465 e. The molecule has 0 spiro atoms. The lowest BCUT2D eigenvalue weighted by Gasteiger charge is -2.19. The number of ether oxygens (including phenoxy) is 2. The minimum atomic E-state index is -4.70. The van der Waals surface area contributed by atoms with Crippen molar-refractivity contribution in [1.29, 1.82) is 0 Å². The van der Waals surface area contributed by atoms with Crippen LogP contribution in [0.3, 0.4) is 0 Å². The number of hydrogen-bond acceptors (Lipinski definition) is 12. The Hall–Kier alpha value is -6.38. The van der Waals surface area contributed by atoms with Gasteiger partial charge in [-0.25, -0.2) is 14.8 Å². The average Bonchev–Trinajstić information content (AvgIpc) is 3.93. The predicted octanol–water partition coefficient (Wildman–Crippen LogP) is 5.62. The first-order valence-corrected chi connectivity index (χ1v) is 16.5. The predicted molar refractivity (Wildman–Crippen MR) is 186 cm³/mol. The van der Waals surface area contributed by atoms with Crippen molar-refractivity contribution in [1.82, 2.24) is 25.3 Å². The molecule has 0 saturated heterocycles. The lowest BCUT2D eigenvalue weighted by molar-refractivity contribution is -0.154. The molecule has 3 amide bonds. The highest BCUT2D eigenvalue weighted by molar-refractivity contribution is 6.40. The Morgan fingerprint density at radius 2 is 1.52 bits per heavy atom. The van der Waals surface area contributed by atoms with Crippen molar-refractivity contribution in [2.24, 2.45) is 4.99 Å². The molecule has 15 nitrogen and oxygen atoms in total. The standard InChI is InChI=1S/C34H28ClF6N9O6/c1-55-28(54)23(12-15-42-26(52)27(53)44-22-10-11-24(43-16-22)34(39,40)41)46-25(51)18-2-8-21(9-3-18)45-29-47-30(49-31(48-29)56-17-33(36,37)38)50-32(13-14-32)19-4-6-20(35)7-5-19/h2-11,16H,12-15,17H2,1H3,(H,42,52)(H,44,53)(H2,45,47,48,49,50)/b46-23-. The number of rotatable bonds is 13. The lowest BCUT2D eigenvalue weighted by atomic mass is 10.1. The number of aromatic nitrogens is 4. The summed E-state index contributed by atoms with van der Waals surface area (Å²) in [4.78, 5) is 68.8. The molecule has 22 heteroatoms. The number of nitrogens with zero attached hydrogens (tertiary/aromatic N) is 5. The molecule has 5 rings (SSSR count). The number of amides is 3. The number of hydrogen-bond donors (Lipinski definition) is 4. The molecule has 0 unspecified atom stereocenters. The summed E-state index contributed by atoms with van der Waals surface area (Å²) >= 11 is 6.01. The fraction of sp³-hybridized carbons (Fsp3) is 0.265. The Morgan fingerprint density at radius 3 is 2.11 bits per heavy atom. The molecule has 0 aliphatic heterocycles. The summed E-state index contributed by atoms with van der Waals surface area (Å²) in [5.41, 5.74) is -1.28. The van der Waals surface area contributed by atoms with E-state index in [1.165, 1.54) is 24.3 Å². The van der Waals surface area contributed by atoms with Gasteiger partial charge in [-0.05, 0) is 66.9 Å². The zero-order valence-corrected chi connectivity index (χ0v) is 29.5. The van der Waals surface area contributed by atoms with Gasteiger partial charge < -0.3 is 30.7 Å². The van der Waals surface area contributed by atoms with Crippen LogP contribution in [0.2, 0.25) is 5.02 Å². The zero-order valence-electron chi connectivity index (χ0n) is 28.7. The van der Waals surface area contributed by atoms with Crippen LogP contribution in [0, 0.1) is 0 Å². The van der Waals surface area contributed by atoms with Crippen LogP contribution in [0.15, 0.2) is 71.9 Å². The first kappa shape index (κ1) is 40.8. The number of alkyl halides is 6. The number of pyridine rings is 1. The van der Waals surface area contributed by atoms with Gasteiger partial charge in [0.15, 0.2) is 6.61 Å². The van der Waals surface area contributed by atoms with Crippen LogP contribution in [0.5, 0.6) is 6.01 Å². The van der Waals surface area contributed by atoms with Gasteiger partial charge in [0.2, 0.25) is 11.9 Å². The second kappa shape index (κ2) is 17.0. The highest BCUT2D eigenvalue weighted by atomic mass is 35.5. The number of carbonyl (C=O) groups is 4. The third kappa shape index (κ3) is 11.3. The van der Waals surface area contributed by atoms with Gasteiger partial charge in [-0.3, -0.25) is 14.4 Å². The smallest absolute Gasteiger partial charge is 0.433 e. The summed E-state index contributed by atoms with van der Waals surface area (Å²) in [6, 6.07) is 13.3. The third-order valence-corrected chi connectivity index (χ3v) is 7.94. The van der Waals surface area contributed by atoms with Crippen molar-refractivity contribution >= 4 is 64.3 Å². The molecule has 2 aromatic carbocycles. The van der Waals surface area contributed by atoms with Gasteiger partial charge in [0.1, 0.15) is 11.4 Å². The van der Waals surface area contributed by atoms with E-state index in [0.717, 1.165) is 18.7 Å². The molecule has 1 saturated carbocycles. The van der Waals surface area contributed by atoms with Crippen LogP contribution in [0.25, 0.3) is 0 Å². The SMILES string of the molecule is COC(=O)/C(CCNC(=O)C(=O)Nc1ccc(C(F)(F)F)nc1)=N\C(=O)c1ccc(Nc2nc(NC3(c4ccc(Cl)cc4)CC3)nc(OCC(F)(F)F)n2)cc1. The average molecular weight is 808 g/mol. The lowest BCUT2D eigenvalue weighted by Crippen LogP contribution is -2.37. The molecule has 1 aliphatic rings. The number of esters is 1. The molecule has 4 N–H and O–H groups in total. The van der Waals surface area contributed by atoms with E-state index in [4.69, 9.17) is 16.3 Å². The molecule has 0 atom stereocenters. The summed E-state index contributed by atoms with van der Waals surface area (Å²) in [5, 5.41) is 10.8. The van der Waals surface area contributed by atoms with Gasteiger partial charge in [0.05, 0.1) is 24.5 Å². The monoisotopic (exact) mass is 807 g/mol. The number of methoxy groups -OCH3 is 1. The number of carbonyl (C=O) groups excluding carboxylic acids is 4. The van der Waals surface area contributed by atoms with E-state index in [1.54, 1.807) is 24.3 Å². The van der Waals surface area contributed by atoms with Gasteiger partial charge in [0.25, 0.3) is 5.91 Å². The number of nitrogens with one attached hydrogen (secondary N) is 4. The van der Waals surface area contributed by atoms with Gasteiger partial charge in [0, 0.05) is 29.2 Å². The van der Waals surface area contributed by atoms with Crippen LogP contribution in [-0.2, 0) is 30.8 Å². The van der Waals surface area contributed by atoms with Crippen LogP contribution in [0.1, 0.15) is 40.9 Å². The Labute approximate surface area is 317 Å². The van der Waals surface area contributed by atoms with Gasteiger partial charge in [-0.2, -0.15) is 41.3 Å². The maximum Gasteiger partial charge on any atom is 0.433 e. The number of aliphatic imine (C=N–C) groups is 1. The van der Waals surface area contributed by atoms with E-state index in [-0.39, 0.29) is 41.8 Å². The molecular weight excluding hydrogens is 780 g/mol. The van der Waals surface area contributed by atoms with Gasteiger partial charge >= 0.3 is 36.1 Å². The van der Waals surface area contributed by atoms with Crippen molar-refractivity contribution in [2.45, 2.75) is 37.2 Å². The van der Waals surface area contributed by atoms with Crippen molar-refractivity contribution in [3.63, 3.8) is 0 Å². The molecular formula is C34H28ClF6N9O6. The fourth-order valence-electron chi connectivity index (χ4n) is 4.80. The molecule has 4 aromatic rings. The minimum absolute atomic E-state index is 0.0173. The van der Waals surface area contributed by atoms with E-state index in [1.807, 2.05) is 0 Å². The molecule has 0 radical (unpaired) electrons. The Bertz CT molecular complexity index is 2110. The van der Waals surface area contributed by atoms with Crippen molar-refractivity contribution in [3.8, 4) is 6.01 Å². The van der Waals surface area contributed by atoms with Crippen LogP contribution >= 0.6 is 11.6 Å².